The van der Waals surface area contributed by atoms with Crippen LogP contribution in [0.1, 0.15) is 43.7 Å². The van der Waals surface area contributed by atoms with Crippen LogP contribution in [-0.2, 0) is 13.0 Å². The fraction of sp³-hybridized carbons (Fsp3) is 0.500. The van der Waals surface area contributed by atoms with Crippen molar-refractivity contribution in [3.05, 3.63) is 47.1 Å². The Morgan fingerprint density at radius 2 is 2.17 bits per heavy atom. The molecule has 1 fully saturated rings. The minimum Gasteiger partial charge on any atom is -0.619 e. The lowest BCUT2D eigenvalue weighted by Crippen LogP contribution is -2.35. The molecule has 3 aromatic heterocycles. The molecule has 1 aliphatic carbocycles. The summed E-state index contributed by atoms with van der Waals surface area (Å²) in [5.74, 6) is 1.31. The number of pyridine rings is 1. The van der Waals surface area contributed by atoms with Gasteiger partial charge in [0.25, 0.3) is 0 Å². The van der Waals surface area contributed by atoms with Crippen LogP contribution in [0.25, 0.3) is 5.65 Å². The van der Waals surface area contributed by atoms with Gasteiger partial charge in [-0.3, -0.25) is 0 Å². The highest BCUT2D eigenvalue weighted by atomic mass is 16.5. The van der Waals surface area contributed by atoms with E-state index in [1.807, 2.05) is 12.3 Å². The number of nitrogens with zero attached hydrogens (tertiary/aromatic N) is 5. The van der Waals surface area contributed by atoms with Crippen molar-refractivity contribution in [2.24, 2.45) is 5.92 Å². The normalized spacial score (nSPS) is 19.4. The van der Waals surface area contributed by atoms with Crippen LogP contribution in [0.2, 0.25) is 0 Å². The first-order valence-corrected chi connectivity index (χ1v) is 10.2. The molecule has 0 saturated heterocycles. The number of rotatable bonds is 7. The topological polar surface area (TPSA) is 114 Å². The average Bonchev–Trinajstić information content (AvgIpc) is 3.15. The molecule has 9 nitrogen and oxygen atoms in total. The number of hydrogen-bond donors (Lipinski definition) is 3. The fourth-order valence-corrected chi connectivity index (χ4v) is 3.92. The SMILES string of the molecule is CCc1cnn2c(NCc3ccc[n+]([O-])c3)nc(N[C@H]3CCCC[C@H]3CO)nc12. The molecule has 0 radical (unpaired) electrons. The van der Waals surface area contributed by atoms with Gasteiger partial charge in [-0.1, -0.05) is 19.8 Å². The summed E-state index contributed by atoms with van der Waals surface area (Å²) in [7, 11) is 0. The maximum Gasteiger partial charge on any atom is 0.229 e. The van der Waals surface area contributed by atoms with E-state index in [4.69, 9.17) is 4.98 Å². The van der Waals surface area contributed by atoms with E-state index >= 15 is 0 Å². The molecule has 0 spiro atoms. The van der Waals surface area contributed by atoms with Gasteiger partial charge in [0.2, 0.25) is 11.9 Å². The van der Waals surface area contributed by atoms with Crippen LogP contribution in [0.15, 0.2) is 30.7 Å². The number of hydrogen-bond acceptors (Lipinski definition) is 7. The van der Waals surface area contributed by atoms with Gasteiger partial charge in [0.1, 0.15) is 0 Å². The minimum atomic E-state index is 0.158. The first kappa shape index (κ1) is 19.4. The quantitative estimate of drug-likeness (QED) is 0.412. The Labute approximate surface area is 169 Å². The van der Waals surface area contributed by atoms with Gasteiger partial charge in [-0.15, -0.1) is 0 Å². The van der Waals surface area contributed by atoms with Gasteiger partial charge in [0, 0.05) is 42.3 Å². The Bertz CT molecular complexity index is 975. The zero-order valence-corrected chi connectivity index (χ0v) is 16.6. The standard InChI is InChI=1S/C20H27N7O2/c1-2-15-11-22-27-18(15)24-19(23-17-8-4-3-7-16(17)13-28)25-20(27)21-10-14-6-5-9-26(29)12-14/h5-6,9,11-12,16-17,28H,2-4,7-8,10,13H2,1H3,(H2,21,23,24,25)/t16-,17-/m0/s1. The molecule has 9 heteroatoms. The van der Waals surface area contributed by atoms with Crippen molar-refractivity contribution in [3.63, 3.8) is 0 Å². The number of aliphatic hydroxyl groups is 1. The van der Waals surface area contributed by atoms with E-state index in [1.54, 1.807) is 10.6 Å². The lowest BCUT2D eigenvalue weighted by molar-refractivity contribution is -0.605. The summed E-state index contributed by atoms with van der Waals surface area (Å²) in [4.78, 5) is 9.35. The Morgan fingerprint density at radius 1 is 1.31 bits per heavy atom. The summed E-state index contributed by atoms with van der Waals surface area (Å²) in [5.41, 5.74) is 2.65. The number of aryl methyl sites for hydroxylation is 1. The maximum absolute atomic E-state index is 11.5. The zero-order chi connectivity index (χ0) is 20.2. The van der Waals surface area contributed by atoms with E-state index < -0.39 is 0 Å². The van der Waals surface area contributed by atoms with Crippen molar-refractivity contribution in [1.29, 1.82) is 0 Å². The zero-order valence-electron chi connectivity index (χ0n) is 16.6. The van der Waals surface area contributed by atoms with Gasteiger partial charge in [-0.25, -0.2) is 0 Å². The molecule has 29 heavy (non-hydrogen) atoms. The van der Waals surface area contributed by atoms with E-state index in [0.29, 0.717) is 18.4 Å². The number of anilines is 2. The summed E-state index contributed by atoms with van der Waals surface area (Å²) >= 11 is 0. The molecule has 1 saturated carbocycles. The number of aliphatic hydroxyl groups excluding tert-OH is 1. The third kappa shape index (κ3) is 4.24. The third-order valence-electron chi connectivity index (χ3n) is 5.57. The highest BCUT2D eigenvalue weighted by Crippen LogP contribution is 2.27. The lowest BCUT2D eigenvalue weighted by Gasteiger charge is -2.30. The summed E-state index contributed by atoms with van der Waals surface area (Å²) in [5, 5.41) is 32.4. The number of aromatic nitrogens is 5. The highest BCUT2D eigenvalue weighted by Gasteiger charge is 2.25. The smallest absolute Gasteiger partial charge is 0.229 e. The van der Waals surface area contributed by atoms with Crippen molar-refractivity contribution in [3.8, 4) is 0 Å². The molecule has 0 bridgehead atoms. The van der Waals surface area contributed by atoms with Crippen molar-refractivity contribution < 1.29 is 9.84 Å². The van der Waals surface area contributed by atoms with Crippen LogP contribution in [0.4, 0.5) is 11.9 Å². The van der Waals surface area contributed by atoms with E-state index in [0.717, 1.165) is 53.6 Å². The van der Waals surface area contributed by atoms with Gasteiger partial charge in [0.15, 0.2) is 18.0 Å². The van der Waals surface area contributed by atoms with Crippen LogP contribution in [0.5, 0.6) is 0 Å². The van der Waals surface area contributed by atoms with E-state index in [2.05, 4.69) is 27.6 Å². The largest absolute Gasteiger partial charge is 0.619 e. The molecule has 1 aliphatic rings. The molecule has 3 aromatic rings. The number of fused-ring (bicyclic) bond motifs is 1. The van der Waals surface area contributed by atoms with Crippen molar-refractivity contribution >= 4 is 17.5 Å². The molecule has 0 amide bonds. The lowest BCUT2D eigenvalue weighted by atomic mass is 9.85. The van der Waals surface area contributed by atoms with Crippen LogP contribution in [-0.4, -0.2) is 37.3 Å². The second-order valence-electron chi connectivity index (χ2n) is 7.53. The molecule has 4 rings (SSSR count). The van der Waals surface area contributed by atoms with Crippen molar-refractivity contribution in [2.45, 2.75) is 51.6 Å². The van der Waals surface area contributed by atoms with Gasteiger partial charge in [-0.2, -0.15) is 24.3 Å². The summed E-state index contributed by atoms with van der Waals surface area (Å²) in [6, 6.07) is 3.76. The highest BCUT2D eigenvalue weighted by molar-refractivity contribution is 5.54. The molecular weight excluding hydrogens is 370 g/mol. The summed E-state index contributed by atoms with van der Waals surface area (Å²) < 4.78 is 2.48. The number of nitrogens with one attached hydrogen (secondary N) is 2. The second kappa shape index (κ2) is 8.60. The predicted octanol–water partition coefficient (Wildman–Crippen LogP) is 1.90. The molecule has 0 aliphatic heterocycles. The van der Waals surface area contributed by atoms with Crippen LogP contribution in [0, 0.1) is 11.1 Å². The first-order valence-electron chi connectivity index (χ1n) is 10.2. The maximum atomic E-state index is 11.5. The van der Waals surface area contributed by atoms with Crippen molar-refractivity contribution in [1.82, 2.24) is 19.6 Å². The molecule has 154 valence electrons. The minimum absolute atomic E-state index is 0.158. The van der Waals surface area contributed by atoms with Crippen molar-refractivity contribution in [2.75, 3.05) is 17.2 Å². The first-order chi connectivity index (χ1) is 14.2. The van der Waals surface area contributed by atoms with Gasteiger partial charge < -0.3 is 20.9 Å². The Kier molecular flexibility index (Phi) is 5.75. The van der Waals surface area contributed by atoms with Crippen LogP contribution >= 0.6 is 0 Å². The van der Waals surface area contributed by atoms with E-state index in [-0.39, 0.29) is 18.6 Å². The molecule has 0 aromatic carbocycles. The Hall–Kier alpha value is -2.94. The third-order valence-corrected chi connectivity index (χ3v) is 5.57. The van der Waals surface area contributed by atoms with Crippen LogP contribution < -0.4 is 15.4 Å². The van der Waals surface area contributed by atoms with Crippen LogP contribution in [0.3, 0.4) is 0 Å². The molecule has 3 heterocycles. The Morgan fingerprint density at radius 3 is 2.97 bits per heavy atom. The van der Waals surface area contributed by atoms with Gasteiger partial charge in [-0.05, 0) is 25.3 Å². The molecule has 0 unspecified atom stereocenters. The molecule has 3 N–H and O–H groups in total. The monoisotopic (exact) mass is 397 g/mol. The predicted molar refractivity (Wildman–Crippen MR) is 109 cm³/mol. The molecular formula is C20H27N7O2. The fourth-order valence-electron chi connectivity index (χ4n) is 3.92. The summed E-state index contributed by atoms with van der Waals surface area (Å²) in [6.45, 7) is 2.68. The average molecular weight is 397 g/mol. The Balaban J connectivity index is 1.62. The molecule has 2 atom stereocenters. The second-order valence-corrected chi connectivity index (χ2v) is 7.53. The van der Waals surface area contributed by atoms with Gasteiger partial charge >= 0.3 is 0 Å². The summed E-state index contributed by atoms with van der Waals surface area (Å²) in [6.07, 6.45) is 9.90. The van der Waals surface area contributed by atoms with E-state index in [1.165, 1.54) is 12.4 Å². The van der Waals surface area contributed by atoms with Gasteiger partial charge in [0.05, 0.1) is 6.20 Å². The van der Waals surface area contributed by atoms with E-state index in [9.17, 15) is 10.3 Å².